The molecule has 1 rings (SSSR count). The first-order valence-electron chi connectivity index (χ1n) is 18.8. The van der Waals surface area contributed by atoms with Gasteiger partial charge in [-0.1, -0.05) is 27.2 Å². The molecule has 19 heteroatoms. The second-order valence-electron chi connectivity index (χ2n) is 13.3. The van der Waals surface area contributed by atoms with Crippen molar-refractivity contribution in [2.24, 2.45) is 23.1 Å². The Bertz CT molecular complexity index is 1300. The van der Waals surface area contributed by atoms with Crippen LogP contribution in [0.25, 0.3) is 0 Å². The molecule has 1 fully saturated rings. The Balaban J connectivity index is 2.50. The van der Waals surface area contributed by atoms with E-state index in [9.17, 15) is 43.2 Å². The number of carbonyl (C=O) groups excluding carboxylic acids is 9. The van der Waals surface area contributed by atoms with Crippen molar-refractivity contribution >= 4 is 64.9 Å². The van der Waals surface area contributed by atoms with Gasteiger partial charge in [0.05, 0.1) is 5.25 Å². The summed E-state index contributed by atoms with van der Waals surface area (Å²) in [5.41, 5.74) is 16.5. The van der Waals surface area contributed by atoms with E-state index in [0.29, 0.717) is 58.0 Å². The van der Waals surface area contributed by atoms with Gasteiger partial charge in [0.2, 0.25) is 53.2 Å². The van der Waals surface area contributed by atoms with Gasteiger partial charge >= 0.3 is 0 Å². The molecule has 0 aromatic rings. The van der Waals surface area contributed by atoms with E-state index >= 15 is 0 Å². The standard InChI is InChI=1S/C35H61N9O9S/c1-4-27(45)39-17-11-8-14-24(41-28(46)5-2)34(52)42-23(31(37)49)13-7-10-18-40-29(47)15-19-44-30(48)20-26(35(44)53)54-21-25(32(38)50)43-33(51)22(3)12-6-9-16-36/h22-26H,4-21,36H2,1-3H3,(H2,37,49)(H2,38,50)(H,39,45)(H,40,47)(H,41,46)(H,42,52)(H,43,51). The number of hydrogen-bond donors (Lipinski definition) is 8. The smallest absolute Gasteiger partial charge is 0.243 e. The van der Waals surface area contributed by atoms with Crippen molar-refractivity contribution in [1.82, 2.24) is 31.5 Å². The Morgan fingerprint density at radius 3 is 1.85 bits per heavy atom. The zero-order valence-corrected chi connectivity index (χ0v) is 32.7. The van der Waals surface area contributed by atoms with Crippen LogP contribution in [0, 0.1) is 5.92 Å². The van der Waals surface area contributed by atoms with Crippen molar-refractivity contribution in [1.29, 1.82) is 0 Å². The summed E-state index contributed by atoms with van der Waals surface area (Å²) in [5.74, 6) is -4.46. The number of nitrogens with two attached hydrogens (primary N) is 3. The molecule has 54 heavy (non-hydrogen) atoms. The first kappa shape index (κ1) is 47.8. The van der Waals surface area contributed by atoms with E-state index in [1.165, 1.54) is 0 Å². The zero-order valence-electron chi connectivity index (χ0n) is 31.9. The first-order valence-corrected chi connectivity index (χ1v) is 19.9. The quantitative estimate of drug-likeness (QED) is 0.0330. The Morgan fingerprint density at radius 2 is 1.28 bits per heavy atom. The van der Waals surface area contributed by atoms with Gasteiger partial charge in [-0.3, -0.25) is 48.1 Å². The van der Waals surface area contributed by atoms with Gasteiger partial charge in [0.1, 0.15) is 18.1 Å². The first-order chi connectivity index (χ1) is 25.6. The highest BCUT2D eigenvalue weighted by Crippen LogP contribution is 2.26. The number of likely N-dealkylation sites (tertiary alicyclic amines) is 1. The van der Waals surface area contributed by atoms with Crippen LogP contribution in [0.1, 0.15) is 104 Å². The molecular formula is C35H61N9O9S. The van der Waals surface area contributed by atoms with E-state index in [0.717, 1.165) is 29.5 Å². The maximum atomic E-state index is 13.0. The third-order valence-electron chi connectivity index (χ3n) is 8.87. The van der Waals surface area contributed by atoms with Crippen molar-refractivity contribution in [3.8, 4) is 0 Å². The largest absolute Gasteiger partial charge is 0.368 e. The predicted molar refractivity (Wildman–Crippen MR) is 203 cm³/mol. The number of amides is 9. The second kappa shape index (κ2) is 26.5. The summed E-state index contributed by atoms with van der Waals surface area (Å²) in [5, 5.41) is 12.6. The lowest BCUT2D eigenvalue weighted by Crippen LogP contribution is -2.52. The van der Waals surface area contributed by atoms with Gasteiger partial charge in [0.15, 0.2) is 0 Å². The predicted octanol–water partition coefficient (Wildman–Crippen LogP) is -1.18. The van der Waals surface area contributed by atoms with Gasteiger partial charge in [-0.15, -0.1) is 11.8 Å². The Labute approximate surface area is 321 Å². The summed E-state index contributed by atoms with van der Waals surface area (Å²) < 4.78 is 0. The number of imide groups is 1. The lowest BCUT2D eigenvalue weighted by molar-refractivity contribution is -0.138. The van der Waals surface area contributed by atoms with Crippen LogP contribution in [0.3, 0.4) is 0 Å². The molecule has 0 spiro atoms. The molecule has 5 atom stereocenters. The molecule has 1 heterocycles. The maximum absolute atomic E-state index is 13.0. The van der Waals surface area contributed by atoms with Crippen molar-refractivity contribution in [2.75, 3.05) is 31.9 Å². The van der Waals surface area contributed by atoms with Crippen molar-refractivity contribution in [3.63, 3.8) is 0 Å². The topological polar surface area (TPSA) is 295 Å². The highest BCUT2D eigenvalue weighted by atomic mass is 32.2. The number of nitrogens with zero attached hydrogens (tertiary/aromatic N) is 1. The summed E-state index contributed by atoms with van der Waals surface area (Å²) in [4.78, 5) is 112. The van der Waals surface area contributed by atoms with Gasteiger partial charge in [0.25, 0.3) is 0 Å². The molecule has 18 nitrogen and oxygen atoms in total. The second-order valence-corrected chi connectivity index (χ2v) is 14.5. The molecule has 306 valence electrons. The molecule has 0 radical (unpaired) electrons. The molecule has 1 aliphatic heterocycles. The fourth-order valence-electron chi connectivity index (χ4n) is 5.42. The van der Waals surface area contributed by atoms with E-state index in [2.05, 4.69) is 26.6 Å². The van der Waals surface area contributed by atoms with Crippen LogP contribution in [0.5, 0.6) is 0 Å². The van der Waals surface area contributed by atoms with Crippen LogP contribution in [0.4, 0.5) is 0 Å². The average molecular weight is 784 g/mol. The van der Waals surface area contributed by atoms with Crippen LogP contribution >= 0.6 is 11.8 Å². The SMILES string of the molecule is CCC(=O)NCCCCC(NC(=O)CC)C(=O)NC(CCCCNC(=O)CCN1C(=O)CC(SCC(NC(=O)C(C)CCCCN)C(N)=O)C1=O)C(N)=O. The van der Waals surface area contributed by atoms with Gasteiger partial charge in [-0.2, -0.15) is 0 Å². The normalized spacial score (nSPS) is 16.1. The molecule has 0 aromatic heterocycles. The average Bonchev–Trinajstić information content (AvgIpc) is 3.40. The minimum atomic E-state index is -1.02. The summed E-state index contributed by atoms with van der Waals surface area (Å²) >= 11 is 1.05. The minimum Gasteiger partial charge on any atom is -0.368 e. The van der Waals surface area contributed by atoms with Crippen molar-refractivity contribution in [2.45, 2.75) is 128 Å². The van der Waals surface area contributed by atoms with E-state index in [-0.39, 0.29) is 68.2 Å². The Morgan fingerprint density at radius 1 is 0.722 bits per heavy atom. The molecule has 0 bridgehead atoms. The minimum absolute atomic E-state index is 0.00602. The molecule has 9 amide bonds. The van der Waals surface area contributed by atoms with Gasteiger partial charge in [0, 0.05) is 57.0 Å². The number of nitrogens with one attached hydrogen (secondary N) is 5. The lowest BCUT2D eigenvalue weighted by atomic mass is 10.0. The molecule has 1 saturated heterocycles. The summed E-state index contributed by atoms with van der Waals surface area (Å²) in [6.45, 7) is 6.20. The Kier molecular flexibility index (Phi) is 23.4. The molecule has 5 unspecified atom stereocenters. The van der Waals surface area contributed by atoms with Crippen molar-refractivity contribution in [3.05, 3.63) is 0 Å². The van der Waals surface area contributed by atoms with Crippen LogP contribution in [0.15, 0.2) is 0 Å². The summed E-state index contributed by atoms with van der Waals surface area (Å²) in [7, 11) is 0. The molecule has 1 aliphatic rings. The number of hydrogen-bond acceptors (Lipinski definition) is 11. The van der Waals surface area contributed by atoms with Crippen LogP contribution < -0.4 is 43.8 Å². The molecule has 0 aliphatic carbocycles. The van der Waals surface area contributed by atoms with Crippen LogP contribution in [-0.2, 0) is 43.2 Å². The fourth-order valence-corrected chi connectivity index (χ4v) is 6.62. The van der Waals surface area contributed by atoms with Crippen LogP contribution in [-0.4, -0.2) is 113 Å². The van der Waals surface area contributed by atoms with Gasteiger partial charge in [-0.05, 0) is 57.9 Å². The molecule has 11 N–H and O–H groups in total. The third-order valence-corrected chi connectivity index (χ3v) is 10.2. The number of unbranched alkanes of at least 4 members (excludes halogenated alkanes) is 3. The van der Waals surface area contributed by atoms with Crippen LogP contribution in [0.2, 0.25) is 0 Å². The van der Waals surface area contributed by atoms with Crippen molar-refractivity contribution < 1.29 is 43.2 Å². The number of primary amides is 2. The Hall–Kier alpha value is -4.26. The monoisotopic (exact) mass is 783 g/mol. The highest BCUT2D eigenvalue weighted by molar-refractivity contribution is 8.00. The zero-order chi connectivity index (χ0) is 40.6. The van der Waals surface area contributed by atoms with E-state index in [4.69, 9.17) is 17.2 Å². The number of rotatable bonds is 29. The maximum Gasteiger partial charge on any atom is 0.243 e. The molecular weight excluding hydrogens is 723 g/mol. The van der Waals surface area contributed by atoms with E-state index in [1.54, 1.807) is 20.8 Å². The molecule has 0 aromatic carbocycles. The van der Waals surface area contributed by atoms with E-state index in [1.807, 2.05) is 0 Å². The summed E-state index contributed by atoms with van der Waals surface area (Å²) in [6.07, 6.45) is 4.93. The summed E-state index contributed by atoms with van der Waals surface area (Å²) in [6, 6.07) is -2.90. The van der Waals surface area contributed by atoms with Gasteiger partial charge in [-0.25, -0.2) is 0 Å². The molecule has 0 saturated carbocycles. The van der Waals surface area contributed by atoms with E-state index < -0.39 is 58.8 Å². The highest BCUT2D eigenvalue weighted by Gasteiger charge is 2.39. The van der Waals surface area contributed by atoms with Gasteiger partial charge < -0.3 is 43.8 Å². The number of carbonyl (C=O) groups is 9. The third kappa shape index (κ3) is 18.7. The lowest BCUT2D eigenvalue weighted by Gasteiger charge is -2.22. The number of thioether (sulfide) groups is 1. The fraction of sp³-hybridized carbons (Fsp3) is 0.743.